The Balaban J connectivity index is 1.42. The van der Waals surface area contributed by atoms with Gasteiger partial charge in [0.1, 0.15) is 0 Å². The van der Waals surface area contributed by atoms with Gasteiger partial charge in [-0.15, -0.1) is 0 Å². The van der Waals surface area contributed by atoms with E-state index in [2.05, 4.69) is 66.0 Å². The van der Waals surface area contributed by atoms with Gasteiger partial charge in [0, 0.05) is 23.9 Å². The summed E-state index contributed by atoms with van der Waals surface area (Å²) in [6.45, 7) is 1.14. The molecule has 0 bridgehead atoms. The molecule has 2 saturated carbocycles. The second-order valence-corrected chi connectivity index (χ2v) is 7.09. The molecular weight excluding hydrogens is 266 g/mol. The second-order valence-electron chi connectivity index (χ2n) is 7.09. The van der Waals surface area contributed by atoms with Crippen molar-refractivity contribution in [2.45, 2.75) is 49.5 Å². The third-order valence-corrected chi connectivity index (χ3v) is 5.67. The average Bonchev–Trinajstić information content (AvgIpc) is 3.22. The van der Waals surface area contributed by atoms with Gasteiger partial charge in [0.25, 0.3) is 0 Å². The summed E-state index contributed by atoms with van der Waals surface area (Å²) >= 11 is 0. The maximum absolute atomic E-state index is 3.89. The first kappa shape index (κ1) is 14.0. The molecule has 2 aromatic rings. The second kappa shape index (κ2) is 5.89. The van der Waals surface area contributed by atoms with Crippen molar-refractivity contribution in [3.05, 3.63) is 71.8 Å². The molecule has 2 fully saturated rings. The standard InChI is InChI=1S/C21H25N/c1-3-9-17(10-4-1)19-15-20(19)22-16-21(13-7-8-14-21)18-11-5-2-6-12-18/h1-6,9-12,19-20,22H,7-8,13-16H2. The van der Waals surface area contributed by atoms with E-state index in [1.54, 1.807) is 0 Å². The van der Waals surface area contributed by atoms with E-state index in [4.69, 9.17) is 0 Å². The highest BCUT2D eigenvalue weighted by atomic mass is 15.0. The molecule has 1 nitrogen and oxygen atoms in total. The highest BCUT2D eigenvalue weighted by Gasteiger charge is 2.41. The van der Waals surface area contributed by atoms with E-state index >= 15 is 0 Å². The Morgan fingerprint density at radius 3 is 2.18 bits per heavy atom. The Labute approximate surface area is 133 Å². The van der Waals surface area contributed by atoms with E-state index in [0.29, 0.717) is 11.5 Å². The van der Waals surface area contributed by atoms with Crippen molar-refractivity contribution in [3.8, 4) is 0 Å². The van der Waals surface area contributed by atoms with E-state index in [1.165, 1.54) is 43.2 Å². The summed E-state index contributed by atoms with van der Waals surface area (Å²) in [5.41, 5.74) is 3.42. The molecule has 2 aliphatic rings. The minimum atomic E-state index is 0.380. The van der Waals surface area contributed by atoms with Crippen LogP contribution in [0.2, 0.25) is 0 Å². The first-order valence-electron chi connectivity index (χ1n) is 8.71. The summed E-state index contributed by atoms with van der Waals surface area (Å²) in [4.78, 5) is 0. The minimum Gasteiger partial charge on any atom is -0.312 e. The van der Waals surface area contributed by atoms with Crippen LogP contribution in [0, 0.1) is 0 Å². The van der Waals surface area contributed by atoms with Crippen LogP contribution in [0.5, 0.6) is 0 Å². The SMILES string of the molecule is c1ccc(C2CC2NCC2(c3ccccc3)CCCC2)cc1. The van der Waals surface area contributed by atoms with E-state index < -0.39 is 0 Å². The zero-order chi connectivity index (χ0) is 14.8. The number of rotatable bonds is 5. The van der Waals surface area contributed by atoms with Crippen LogP contribution < -0.4 is 5.32 Å². The summed E-state index contributed by atoms with van der Waals surface area (Å²) < 4.78 is 0. The fourth-order valence-electron chi connectivity index (χ4n) is 4.23. The van der Waals surface area contributed by atoms with Crippen LogP contribution >= 0.6 is 0 Å². The molecule has 1 heteroatoms. The van der Waals surface area contributed by atoms with Gasteiger partial charge in [0.15, 0.2) is 0 Å². The lowest BCUT2D eigenvalue weighted by atomic mass is 9.79. The summed E-state index contributed by atoms with van der Waals surface area (Å²) in [5, 5.41) is 3.89. The topological polar surface area (TPSA) is 12.0 Å². The Morgan fingerprint density at radius 2 is 1.50 bits per heavy atom. The van der Waals surface area contributed by atoms with E-state index in [-0.39, 0.29) is 0 Å². The van der Waals surface area contributed by atoms with Crippen molar-refractivity contribution in [2.75, 3.05) is 6.54 Å². The molecule has 0 saturated heterocycles. The van der Waals surface area contributed by atoms with Crippen LogP contribution in [-0.2, 0) is 5.41 Å². The van der Waals surface area contributed by atoms with Gasteiger partial charge < -0.3 is 5.32 Å². The first-order valence-corrected chi connectivity index (χ1v) is 8.71. The molecule has 2 unspecified atom stereocenters. The molecule has 4 rings (SSSR count). The predicted octanol–water partition coefficient (Wildman–Crippen LogP) is 4.64. The molecule has 114 valence electrons. The Morgan fingerprint density at radius 1 is 0.864 bits per heavy atom. The van der Waals surface area contributed by atoms with Crippen LogP contribution in [0.4, 0.5) is 0 Å². The van der Waals surface area contributed by atoms with E-state index in [1.807, 2.05) is 0 Å². The van der Waals surface area contributed by atoms with Crippen LogP contribution in [0.1, 0.15) is 49.1 Å². The summed E-state index contributed by atoms with van der Waals surface area (Å²) in [5.74, 6) is 0.732. The van der Waals surface area contributed by atoms with E-state index in [9.17, 15) is 0 Å². The molecule has 0 spiro atoms. The molecule has 0 aromatic heterocycles. The molecule has 0 heterocycles. The van der Waals surface area contributed by atoms with Crippen molar-refractivity contribution in [1.29, 1.82) is 0 Å². The average molecular weight is 291 g/mol. The van der Waals surface area contributed by atoms with Gasteiger partial charge >= 0.3 is 0 Å². The lowest BCUT2D eigenvalue weighted by molar-refractivity contribution is 0.402. The van der Waals surface area contributed by atoms with Crippen molar-refractivity contribution < 1.29 is 0 Å². The maximum Gasteiger partial charge on any atom is 0.0143 e. The number of hydrogen-bond donors (Lipinski definition) is 1. The maximum atomic E-state index is 3.89. The molecule has 0 radical (unpaired) electrons. The highest BCUT2D eigenvalue weighted by molar-refractivity contribution is 5.30. The van der Waals surface area contributed by atoms with Crippen LogP contribution in [0.25, 0.3) is 0 Å². The van der Waals surface area contributed by atoms with Crippen molar-refractivity contribution in [3.63, 3.8) is 0 Å². The Hall–Kier alpha value is -1.60. The molecule has 22 heavy (non-hydrogen) atoms. The van der Waals surface area contributed by atoms with Crippen molar-refractivity contribution >= 4 is 0 Å². The molecule has 1 N–H and O–H groups in total. The zero-order valence-electron chi connectivity index (χ0n) is 13.2. The number of benzene rings is 2. The van der Waals surface area contributed by atoms with Gasteiger partial charge in [-0.05, 0) is 30.4 Å². The summed E-state index contributed by atoms with van der Waals surface area (Å²) in [6.07, 6.45) is 6.74. The van der Waals surface area contributed by atoms with Gasteiger partial charge in [0.2, 0.25) is 0 Å². The zero-order valence-corrected chi connectivity index (χ0v) is 13.2. The van der Waals surface area contributed by atoms with Crippen LogP contribution in [0.15, 0.2) is 60.7 Å². The fourth-order valence-corrected chi connectivity index (χ4v) is 4.23. The lowest BCUT2D eigenvalue weighted by Gasteiger charge is -2.30. The van der Waals surface area contributed by atoms with Crippen molar-refractivity contribution in [2.24, 2.45) is 0 Å². The summed E-state index contributed by atoms with van der Waals surface area (Å²) in [7, 11) is 0. The Bertz CT molecular complexity index is 598. The predicted molar refractivity (Wildman–Crippen MR) is 92.2 cm³/mol. The summed E-state index contributed by atoms with van der Waals surface area (Å²) in [6, 6.07) is 22.8. The van der Waals surface area contributed by atoms with Gasteiger partial charge in [0.05, 0.1) is 0 Å². The molecule has 0 amide bonds. The van der Waals surface area contributed by atoms with Crippen LogP contribution in [0.3, 0.4) is 0 Å². The van der Waals surface area contributed by atoms with E-state index in [0.717, 1.165) is 12.5 Å². The molecular formula is C21H25N. The fraction of sp³-hybridized carbons (Fsp3) is 0.429. The first-order chi connectivity index (χ1) is 10.9. The Kier molecular flexibility index (Phi) is 3.75. The quantitative estimate of drug-likeness (QED) is 0.846. The molecule has 2 atom stereocenters. The monoisotopic (exact) mass is 291 g/mol. The molecule has 0 aliphatic heterocycles. The normalized spacial score (nSPS) is 26.0. The number of nitrogens with one attached hydrogen (secondary N) is 1. The van der Waals surface area contributed by atoms with Crippen molar-refractivity contribution in [1.82, 2.24) is 5.32 Å². The largest absolute Gasteiger partial charge is 0.312 e. The number of hydrogen-bond acceptors (Lipinski definition) is 1. The highest BCUT2D eigenvalue weighted by Crippen LogP contribution is 2.44. The lowest BCUT2D eigenvalue weighted by Crippen LogP contribution is -2.37. The van der Waals surface area contributed by atoms with Gasteiger partial charge in [-0.2, -0.15) is 0 Å². The smallest absolute Gasteiger partial charge is 0.0143 e. The third kappa shape index (κ3) is 2.70. The van der Waals surface area contributed by atoms with Gasteiger partial charge in [-0.3, -0.25) is 0 Å². The minimum absolute atomic E-state index is 0.380. The van der Waals surface area contributed by atoms with Gasteiger partial charge in [-0.25, -0.2) is 0 Å². The van der Waals surface area contributed by atoms with Crippen LogP contribution in [-0.4, -0.2) is 12.6 Å². The molecule has 2 aromatic carbocycles. The third-order valence-electron chi connectivity index (χ3n) is 5.67. The molecule has 2 aliphatic carbocycles. The van der Waals surface area contributed by atoms with Gasteiger partial charge in [-0.1, -0.05) is 73.5 Å².